The number of hydrogen-bond acceptors (Lipinski definition) is 5. The van der Waals surface area contributed by atoms with Gasteiger partial charge in [-0.2, -0.15) is 0 Å². The zero-order valence-electron chi connectivity index (χ0n) is 14.2. The molecule has 1 saturated carbocycles. The summed E-state index contributed by atoms with van der Waals surface area (Å²) in [5.74, 6) is 3.16. The monoisotopic (exact) mass is 337 g/mol. The Morgan fingerprint density at radius 1 is 1.28 bits per heavy atom. The molecule has 128 valence electrons. The molecule has 0 bridgehead atoms. The molecule has 0 radical (unpaired) electrons. The molecule has 5 heteroatoms. The Bertz CT molecular complexity index is 877. The summed E-state index contributed by atoms with van der Waals surface area (Å²) in [7, 11) is 0. The van der Waals surface area contributed by atoms with Gasteiger partial charge in [0.25, 0.3) is 0 Å². The van der Waals surface area contributed by atoms with Crippen LogP contribution in [0.15, 0.2) is 51.5 Å². The number of para-hydroxylation sites is 1. The molecule has 0 amide bonds. The van der Waals surface area contributed by atoms with Gasteiger partial charge >= 0.3 is 5.97 Å². The Morgan fingerprint density at radius 2 is 2.08 bits per heavy atom. The molecule has 4 rings (SSSR count). The minimum Gasteiger partial charge on any atom is -0.493 e. The topological polar surface area (TPSA) is 61.0 Å². The van der Waals surface area contributed by atoms with Crippen LogP contribution in [0.1, 0.15) is 43.3 Å². The van der Waals surface area contributed by atoms with E-state index < -0.39 is 5.97 Å². The van der Waals surface area contributed by atoms with Crippen LogP contribution in [0, 0.1) is 5.92 Å². The Hall–Kier alpha value is -2.82. The van der Waals surface area contributed by atoms with E-state index in [0.717, 1.165) is 12.2 Å². The number of carbonyl (C=O) groups is 1. The van der Waals surface area contributed by atoms with Gasteiger partial charge in [-0.1, -0.05) is 19.1 Å². The second kappa shape index (κ2) is 6.24. The van der Waals surface area contributed by atoms with Crippen molar-refractivity contribution < 1.29 is 18.7 Å². The average Bonchev–Trinajstić information content (AvgIpc) is 3.01. The maximum atomic E-state index is 12.1. The highest BCUT2D eigenvalue weighted by Gasteiger charge is 2.36. The lowest BCUT2D eigenvalue weighted by Crippen LogP contribution is -2.07. The SMILES string of the molecule is CCOc1ccccc1C1=N/C(=C/c2ccc([C@@H]3C[C@@H]3C)o2)C(=O)O1. The number of esters is 1. The number of cyclic esters (lactones) is 1. The van der Waals surface area contributed by atoms with Crippen molar-refractivity contribution in [2.45, 2.75) is 26.2 Å². The third kappa shape index (κ3) is 3.09. The second-order valence-corrected chi connectivity index (χ2v) is 6.32. The van der Waals surface area contributed by atoms with Crippen LogP contribution in [-0.2, 0) is 9.53 Å². The molecular weight excluding hydrogens is 318 g/mol. The minimum atomic E-state index is -0.487. The van der Waals surface area contributed by atoms with E-state index in [1.165, 1.54) is 0 Å². The van der Waals surface area contributed by atoms with Crippen LogP contribution in [0.4, 0.5) is 0 Å². The highest BCUT2D eigenvalue weighted by Crippen LogP contribution is 2.47. The van der Waals surface area contributed by atoms with Crippen LogP contribution < -0.4 is 4.74 Å². The van der Waals surface area contributed by atoms with Crippen LogP contribution in [0.3, 0.4) is 0 Å². The van der Waals surface area contributed by atoms with Gasteiger partial charge < -0.3 is 13.9 Å². The largest absolute Gasteiger partial charge is 0.493 e. The molecule has 1 fully saturated rings. The molecule has 0 saturated heterocycles. The fourth-order valence-electron chi connectivity index (χ4n) is 2.95. The highest BCUT2D eigenvalue weighted by molar-refractivity contribution is 6.13. The molecule has 2 aromatic rings. The van der Waals surface area contributed by atoms with Gasteiger partial charge in [0.15, 0.2) is 5.70 Å². The summed E-state index contributed by atoms with van der Waals surface area (Å²) in [4.78, 5) is 16.5. The van der Waals surface area contributed by atoms with Gasteiger partial charge in [-0.3, -0.25) is 0 Å². The number of benzene rings is 1. The summed E-state index contributed by atoms with van der Waals surface area (Å²) in [6.45, 7) is 4.63. The molecular formula is C20H19NO4. The fraction of sp³-hybridized carbons (Fsp3) is 0.300. The van der Waals surface area contributed by atoms with E-state index in [9.17, 15) is 4.79 Å². The van der Waals surface area contributed by atoms with Gasteiger partial charge in [0.2, 0.25) is 5.90 Å². The lowest BCUT2D eigenvalue weighted by atomic mass is 10.2. The zero-order chi connectivity index (χ0) is 17.4. The van der Waals surface area contributed by atoms with Crippen LogP contribution in [0.5, 0.6) is 5.75 Å². The number of nitrogens with zero attached hydrogens (tertiary/aromatic N) is 1. The molecule has 5 nitrogen and oxygen atoms in total. The van der Waals surface area contributed by atoms with Crippen LogP contribution >= 0.6 is 0 Å². The van der Waals surface area contributed by atoms with Gasteiger partial charge in [0.1, 0.15) is 17.3 Å². The molecule has 2 heterocycles. The van der Waals surface area contributed by atoms with Gasteiger partial charge in [-0.25, -0.2) is 9.79 Å². The van der Waals surface area contributed by atoms with Gasteiger partial charge in [-0.05, 0) is 43.5 Å². The van der Waals surface area contributed by atoms with Crippen LogP contribution in [0.2, 0.25) is 0 Å². The predicted molar refractivity (Wildman–Crippen MR) is 93.4 cm³/mol. The first kappa shape index (κ1) is 15.7. The second-order valence-electron chi connectivity index (χ2n) is 6.32. The molecule has 0 unspecified atom stereocenters. The lowest BCUT2D eigenvalue weighted by molar-refractivity contribution is -0.129. The molecule has 0 N–H and O–H groups in total. The van der Waals surface area contributed by atoms with Crippen molar-refractivity contribution in [1.82, 2.24) is 0 Å². The first-order valence-electron chi connectivity index (χ1n) is 8.50. The molecule has 2 atom stereocenters. The number of hydrogen-bond donors (Lipinski definition) is 0. The summed E-state index contributed by atoms with van der Waals surface area (Å²) in [5, 5.41) is 0. The van der Waals surface area contributed by atoms with Crippen molar-refractivity contribution in [3.8, 4) is 5.75 Å². The first-order chi connectivity index (χ1) is 12.2. The molecule has 0 spiro atoms. The number of aliphatic imine (C=N–C) groups is 1. The van der Waals surface area contributed by atoms with E-state index >= 15 is 0 Å². The summed E-state index contributed by atoms with van der Waals surface area (Å²) in [6, 6.07) is 11.2. The number of furan rings is 1. The van der Waals surface area contributed by atoms with Crippen molar-refractivity contribution in [2.24, 2.45) is 10.9 Å². The van der Waals surface area contributed by atoms with Gasteiger partial charge in [0.05, 0.1) is 12.2 Å². The van der Waals surface area contributed by atoms with E-state index in [2.05, 4.69) is 11.9 Å². The first-order valence-corrected chi connectivity index (χ1v) is 8.50. The van der Waals surface area contributed by atoms with Gasteiger partial charge in [0, 0.05) is 12.0 Å². The zero-order valence-corrected chi connectivity index (χ0v) is 14.2. The van der Waals surface area contributed by atoms with Gasteiger partial charge in [-0.15, -0.1) is 0 Å². The Kier molecular flexibility index (Phi) is 3.92. The molecule has 1 aromatic heterocycles. The summed E-state index contributed by atoms with van der Waals surface area (Å²) >= 11 is 0. The maximum absolute atomic E-state index is 12.1. The number of ether oxygens (including phenoxy) is 2. The molecule has 1 aliphatic heterocycles. The smallest absolute Gasteiger partial charge is 0.363 e. The van der Waals surface area contributed by atoms with Crippen molar-refractivity contribution in [2.75, 3.05) is 6.61 Å². The average molecular weight is 337 g/mol. The summed E-state index contributed by atoms with van der Waals surface area (Å²) in [5.41, 5.74) is 0.888. The van der Waals surface area contributed by atoms with Crippen molar-refractivity contribution in [3.63, 3.8) is 0 Å². The minimum absolute atomic E-state index is 0.228. The molecule has 1 aromatic carbocycles. The molecule has 2 aliphatic rings. The van der Waals surface area contributed by atoms with E-state index in [4.69, 9.17) is 13.9 Å². The van der Waals surface area contributed by atoms with E-state index in [0.29, 0.717) is 35.5 Å². The summed E-state index contributed by atoms with van der Waals surface area (Å²) < 4.78 is 16.7. The Balaban J connectivity index is 1.61. The number of carbonyl (C=O) groups excluding carboxylic acids is 1. The maximum Gasteiger partial charge on any atom is 0.363 e. The van der Waals surface area contributed by atoms with Crippen molar-refractivity contribution >= 4 is 17.9 Å². The van der Waals surface area contributed by atoms with E-state index in [1.54, 1.807) is 6.08 Å². The van der Waals surface area contributed by atoms with E-state index in [-0.39, 0.29) is 11.6 Å². The third-order valence-corrected chi connectivity index (χ3v) is 4.44. The standard InChI is InChI=1S/C20H19NO4/c1-3-23-17-7-5-4-6-14(17)19-21-16(20(22)25-19)11-13-8-9-18(24-13)15-10-12(15)2/h4-9,11-12,15H,3,10H2,1-2H3/b16-11+/t12-,15+/m0/s1. The molecule has 1 aliphatic carbocycles. The highest BCUT2D eigenvalue weighted by atomic mass is 16.6. The van der Waals surface area contributed by atoms with Crippen LogP contribution in [0.25, 0.3) is 6.08 Å². The van der Waals surface area contributed by atoms with Crippen LogP contribution in [-0.4, -0.2) is 18.5 Å². The lowest BCUT2D eigenvalue weighted by Gasteiger charge is -2.08. The summed E-state index contributed by atoms with van der Waals surface area (Å²) in [6.07, 6.45) is 2.78. The van der Waals surface area contributed by atoms with Crippen molar-refractivity contribution in [1.29, 1.82) is 0 Å². The molecule has 25 heavy (non-hydrogen) atoms. The number of rotatable bonds is 5. The van der Waals surface area contributed by atoms with E-state index in [1.807, 2.05) is 43.3 Å². The Morgan fingerprint density at radius 3 is 2.84 bits per heavy atom. The predicted octanol–water partition coefficient (Wildman–Crippen LogP) is 4.15. The Labute approximate surface area is 146 Å². The normalized spacial score (nSPS) is 23.5. The third-order valence-electron chi connectivity index (χ3n) is 4.44. The fourth-order valence-corrected chi connectivity index (χ4v) is 2.95. The quantitative estimate of drug-likeness (QED) is 0.607. The van der Waals surface area contributed by atoms with Crippen molar-refractivity contribution in [3.05, 3.63) is 59.2 Å².